The van der Waals surface area contributed by atoms with E-state index in [2.05, 4.69) is 10.3 Å². The van der Waals surface area contributed by atoms with Gasteiger partial charge in [0.25, 0.3) is 0 Å². The lowest BCUT2D eigenvalue weighted by molar-refractivity contribution is -0.121. The lowest BCUT2D eigenvalue weighted by Crippen LogP contribution is -2.40. The van der Waals surface area contributed by atoms with Gasteiger partial charge in [-0.15, -0.1) is 0 Å². The summed E-state index contributed by atoms with van der Waals surface area (Å²) >= 11 is 0. The van der Waals surface area contributed by atoms with Crippen LogP contribution in [0, 0.1) is 0 Å². The molecule has 1 amide bonds. The Labute approximate surface area is 182 Å². The first-order chi connectivity index (χ1) is 15.0. The molecule has 0 atom stereocenters. The quantitative estimate of drug-likeness (QED) is 0.525. The smallest absolute Gasteiger partial charge is 0.243 e. The van der Waals surface area contributed by atoms with Gasteiger partial charge < -0.3 is 10.1 Å². The molecule has 0 bridgehead atoms. The third-order valence-electron chi connectivity index (χ3n) is 4.49. The summed E-state index contributed by atoms with van der Waals surface area (Å²) in [6, 6.07) is 20.8. The molecule has 0 saturated carbocycles. The van der Waals surface area contributed by atoms with Crippen LogP contribution in [0.3, 0.4) is 0 Å². The van der Waals surface area contributed by atoms with Crippen molar-refractivity contribution in [2.75, 3.05) is 13.2 Å². The molecule has 0 fully saturated rings. The van der Waals surface area contributed by atoms with E-state index < -0.39 is 15.9 Å². The topological polar surface area (TPSA) is 88.6 Å². The molecule has 0 aliphatic rings. The summed E-state index contributed by atoms with van der Waals surface area (Å²) in [6.07, 6.45) is 1.64. The number of benzene rings is 2. The molecule has 3 rings (SSSR count). The molecular formula is C23H25N3O4S. The molecule has 0 unspecified atom stereocenters. The summed E-state index contributed by atoms with van der Waals surface area (Å²) in [5, 5.41) is 2.74. The number of nitrogens with zero attached hydrogens (tertiary/aromatic N) is 2. The second-order valence-electron chi connectivity index (χ2n) is 6.76. The average molecular weight is 440 g/mol. The van der Waals surface area contributed by atoms with Gasteiger partial charge in [0.2, 0.25) is 15.9 Å². The van der Waals surface area contributed by atoms with Gasteiger partial charge in [-0.1, -0.05) is 36.4 Å². The van der Waals surface area contributed by atoms with Crippen LogP contribution >= 0.6 is 0 Å². The Hall–Kier alpha value is -3.23. The molecule has 0 spiro atoms. The predicted molar refractivity (Wildman–Crippen MR) is 118 cm³/mol. The van der Waals surface area contributed by atoms with Crippen molar-refractivity contribution in [1.29, 1.82) is 0 Å². The zero-order valence-electron chi connectivity index (χ0n) is 17.3. The minimum Gasteiger partial charge on any atom is -0.494 e. The molecule has 1 N–H and O–H groups in total. The molecule has 3 aromatic rings. The fourth-order valence-electron chi connectivity index (χ4n) is 2.94. The van der Waals surface area contributed by atoms with E-state index in [1.54, 1.807) is 30.5 Å². The number of amides is 1. The van der Waals surface area contributed by atoms with Gasteiger partial charge in [0.05, 0.1) is 30.3 Å². The van der Waals surface area contributed by atoms with E-state index >= 15 is 0 Å². The number of hydrogen-bond donors (Lipinski definition) is 1. The van der Waals surface area contributed by atoms with E-state index in [-0.39, 0.29) is 24.5 Å². The third-order valence-corrected chi connectivity index (χ3v) is 6.29. The minimum absolute atomic E-state index is 0.0768. The standard InChI is InChI=1S/C23H25N3O4S/c1-2-30-21-11-13-22(14-12-21)31(28,29)26(17-19-8-4-3-5-9-19)18-23(27)25-16-20-10-6-7-15-24-20/h3-15H,2,16-18H2,1H3,(H,25,27). The van der Waals surface area contributed by atoms with Crippen molar-refractivity contribution in [1.82, 2.24) is 14.6 Å². The first-order valence-corrected chi connectivity index (χ1v) is 11.4. The van der Waals surface area contributed by atoms with E-state index in [1.165, 1.54) is 16.4 Å². The number of sulfonamides is 1. The number of hydrogen-bond acceptors (Lipinski definition) is 5. The fourth-order valence-corrected chi connectivity index (χ4v) is 4.33. The third kappa shape index (κ3) is 6.37. The Morgan fingerprint density at radius 2 is 1.71 bits per heavy atom. The number of carbonyl (C=O) groups excluding carboxylic acids is 1. The maximum absolute atomic E-state index is 13.3. The molecule has 7 nitrogen and oxygen atoms in total. The van der Waals surface area contributed by atoms with Crippen molar-refractivity contribution in [3.63, 3.8) is 0 Å². The molecule has 162 valence electrons. The van der Waals surface area contributed by atoms with E-state index in [9.17, 15) is 13.2 Å². The van der Waals surface area contributed by atoms with Gasteiger partial charge in [-0.3, -0.25) is 9.78 Å². The number of carbonyl (C=O) groups is 1. The van der Waals surface area contributed by atoms with E-state index in [0.29, 0.717) is 18.1 Å². The summed E-state index contributed by atoms with van der Waals surface area (Å²) in [5.41, 5.74) is 1.48. The second kappa shape index (κ2) is 10.7. The summed E-state index contributed by atoms with van der Waals surface area (Å²) in [4.78, 5) is 16.8. The summed E-state index contributed by atoms with van der Waals surface area (Å²) in [5.74, 6) is 0.181. The molecule has 0 radical (unpaired) electrons. The van der Waals surface area contributed by atoms with Gasteiger partial charge in [-0.05, 0) is 48.9 Å². The van der Waals surface area contributed by atoms with Crippen molar-refractivity contribution in [2.24, 2.45) is 0 Å². The Bertz CT molecular complexity index is 1070. The van der Waals surface area contributed by atoms with Gasteiger partial charge in [-0.25, -0.2) is 8.42 Å². The number of ether oxygens (including phenoxy) is 1. The highest BCUT2D eigenvalue weighted by Gasteiger charge is 2.27. The number of nitrogens with one attached hydrogen (secondary N) is 1. The number of pyridine rings is 1. The first kappa shape index (κ1) is 22.5. The Morgan fingerprint density at radius 3 is 2.35 bits per heavy atom. The largest absolute Gasteiger partial charge is 0.494 e. The zero-order valence-corrected chi connectivity index (χ0v) is 18.1. The van der Waals surface area contributed by atoms with E-state index in [0.717, 1.165) is 5.56 Å². The van der Waals surface area contributed by atoms with Gasteiger partial charge in [0.1, 0.15) is 5.75 Å². The number of aromatic nitrogens is 1. The van der Waals surface area contributed by atoms with Gasteiger partial charge in [-0.2, -0.15) is 4.31 Å². The zero-order chi connectivity index (χ0) is 22.1. The normalized spacial score (nSPS) is 11.3. The lowest BCUT2D eigenvalue weighted by atomic mass is 10.2. The van der Waals surface area contributed by atoms with Crippen LogP contribution in [0.5, 0.6) is 5.75 Å². The van der Waals surface area contributed by atoms with Crippen LogP contribution in [0.2, 0.25) is 0 Å². The predicted octanol–water partition coefficient (Wildman–Crippen LogP) is 2.99. The minimum atomic E-state index is -3.91. The highest BCUT2D eigenvalue weighted by Crippen LogP contribution is 2.21. The van der Waals surface area contributed by atoms with Gasteiger partial charge >= 0.3 is 0 Å². The molecule has 0 aliphatic heterocycles. The van der Waals surface area contributed by atoms with Crippen LogP contribution in [0.4, 0.5) is 0 Å². The van der Waals surface area contributed by atoms with Crippen LogP contribution < -0.4 is 10.1 Å². The first-order valence-electron chi connectivity index (χ1n) is 9.92. The molecule has 1 heterocycles. The maximum Gasteiger partial charge on any atom is 0.243 e. The van der Waals surface area contributed by atoms with E-state index in [4.69, 9.17) is 4.74 Å². The van der Waals surface area contributed by atoms with Crippen molar-refractivity contribution >= 4 is 15.9 Å². The van der Waals surface area contributed by atoms with Crippen molar-refractivity contribution in [2.45, 2.75) is 24.9 Å². The van der Waals surface area contributed by atoms with Crippen molar-refractivity contribution in [3.8, 4) is 5.75 Å². The Balaban J connectivity index is 1.78. The van der Waals surface area contributed by atoms with E-state index in [1.807, 2.05) is 43.3 Å². The molecule has 8 heteroatoms. The lowest BCUT2D eigenvalue weighted by Gasteiger charge is -2.22. The fraction of sp³-hybridized carbons (Fsp3) is 0.217. The van der Waals surface area contributed by atoms with Crippen LogP contribution in [-0.2, 0) is 27.9 Å². The van der Waals surface area contributed by atoms with Crippen LogP contribution in [0.15, 0.2) is 83.9 Å². The SMILES string of the molecule is CCOc1ccc(S(=O)(=O)N(CC(=O)NCc2ccccn2)Cc2ccccc2)cc1. The molecule has 0 saturated heterocycles. The molecule has 2 aromatic carbocycles. The summed E-state index contributed by atoms with van der Waals surface area (Å²) in [6.45, 7) is 2.34. The Kier molecular flexibility index (Phi) is 7.75. The van der Waals surface area contributed by atoms with Crippen LogP contribution in [-0.4, -0.2) is 36.8 Å². The second-order valence-corrected chi connectivity index (χ2v) is 8.70. The highest BCUT2D eigenvalue weighted by atomic mass is 32.2. The highest BCUT2D eigenvalue weighted by molar-refractivity contribution is 7.89. The number of rotatable bonds is 10. The monoisotopic (exact) mass is 439 g/mol. The molecule has 0 aliphatic carbocycles. The van der Waals surface area contributed by atoms with Gasteiger partial charge in [0, 0.05) is 12.7 Å². The molecular weight excluding hydrogens is 414 g/mol. The molecule has 31 heavy (non-hydrogen) atoms. The Morgan fingerprint density at radius 1 is 1.00 bits per heavy atom. The summed E-state index contributed by atoms with van der Waals surface area (Å²) in [7, 11) is -3.91. The summed E-state index contributed by atoms with van der Waals surface area (Å²) < 4.78 is 33.2. The van der Waals surface area contributed by atoms with Crippen LogP contribution in [0.25, 0.3) is 0 Å². The van der Waals surface area contributed by atoms with Crippen molar-refractivity contribution < 1.29 is 17.9 Å². The molecule has 1 aromatic heterocycles. The van der Waals surface area contributed by atoms with Crippen molar-refractivity contribution in [3.05, 3.63) is 90.3 Å². The van der Waals surface area contributed by atoms with Crippen LogP contribution in [0.1, 0.15) is 18.2 Å². The average Bonchev–Trinajstić information content (AvgIpc) is 2.79. The maximum atomic E-state index is 13.3. The van der Waals surface area contributed by atoms with Gasteiger partial charge in [0.15, 0.2) is 0 Å².